The molecule has 0 aromatic carbocycles. The lowest BCUT2D eigenvalue weighted by molar-refractivity contribution is -0.137. The second-order valence-electron chi connectivity index (χ2n) is 4.38. The van der Waals surface area contributed by atoms with Crippen LogP contribution in [0.25, 0.3) is 0 Å². The summed E-state index contributed by atoms with van der Waals surface area (Å²) in [6, 6.07) is 3.38. The highest BCUT2D eigenvalue weighted by Gasteiger charge is 2.07. The second kappa shape index (κ2) is 8.07. The van der Waals surface area contributed by atoms with Crippen molar-refractivity contribution in [1.29, 1.82) is 0 Å². The van der Waals surface area contributed by atoms with Gasteiger partial charge in [0.2, 0.25) is 0 Å². The number of rotatable bonds is 7. The number of urea groups is 1. The quantitative estimate of drug-likeness (QED) is 0.697. The molecule has 0 fully saturated rings. The summed E-state index contributed by atoms with van der Waals surface area (Å²) in [5, 5.41) is 14.0. The highest BCUT2D eigenvalue weighted by Crippen LogP contribution is 2.00. The van der Waals surface area contributed by atoms with Gasteiger partial charge in [0.15, 0.2) is 0 Å². The summed E-state index contributed by atoms with van der Waals surface area (Å²) in [5.41, 5.74) is 0.927. The maximum atomic E-state index is 11.6. The lowest BCUT2D eigenvalue weighted by Crippen LogP contribution is -2.40. The number of carbonyl (C=O) groups excluding carboxylic acids is 1. The molecule has 1 atom stereocenters. The fourth-order valence-electron chi connectivity index (χ4n) is 1.59. The van der Waals surface area contributed by atoms with Crippen LogP contribution >= 0.6 is 0 Å². The van der Waals surface area contributed by atoms with Crippen molar-refractivity contribution in [2.75, 3.05) is 0 Å². The molecule has 19 heavy (non-hydrogen) atoms. The van der Waals surface area contributed by atoms with E-state index < -0.39 is 5.97 Å². The van der Waals surface area contributed by atoms with Gasteiger partial charge in [0.1, 0.15) is 0 Å². The average molecular weight is 265 g/mol. The molecule has 0 aliphatic carbocycles. The van der Waals surface area contributed by atoms with Crippen molar-refractivity contribution in [1.82, 2.24) is 15.6 Å². The standard InChI is InChI=1S/C13H19N3O3/c1-10(4-2-6-12(17)18)16-13(19)15-9-11-5-3-7-14-8-11/h3,5,7-8,10H,2,4,6,9H2,1H3,(H,17,18)(H2,15,16,19). The van der Waals surface area contributed by atoms with E-state index in [0.29, 0.717) is 19.4 Å². The molecule has 0 saturated carbocycles. The highest BCUT2D eigenvalue weighted by atomic mass is 16.4. The van der Waals surface area contributed by atoms with E-state index in [9.17, 15) is 9.59 Å². The number of nitrogens with one attached hydrogen (secondary N) is 2. The first-order valence-corrected chi connectivity index (χ1v) is 6.23. The second-order valence-corrected chi connectivity index (χ2v) is 4.38. The number of pyridine rings is 1. The number of amides is 2. The van der Waals surface area contributed by atoms with Crippen LogP contribution in [0, 0.1) is 0 Å². The Hall–Kier alpha value is -2.11. The molecule has 1 aromatic rings. The van der Waals surface area contributed by atoms with Gasteiger partial charge in [-0.25, -0.2) is 4.79 Å². The molecule has 3 N–H and O–H groups in total. The molecule has 6 heteroatoms. The Balaban J connectivity index is 2.18. The largest absolute Gasteiger partial charge is 0.481 e. The van der Waals surface area contributed by atoms with Crippen LogP contribution in [0.15, 0.2) is 24.5 Å². The first-order chi connectivity index (χ1) is 9.08. The van der Waals surface area contributed by atoms with Gasteiger partial charge in [0, 0.05) is 31.4 Å². The van der Waals surface area contributed by atoms with Gasteiger partial charge in [0.25, 0.3) is 0 Å². The van der Waals surface area contributed by atoms with Gasteiger partial charge < -0.3 is 15.7 Å². The molecule has 2 amide bonds. The summed E-state index contributed by atoms with van der Waals surface area (Å²) in [4.78, 5) is 25.9. The molecule has 0 spiro atoms. The minimum atomic E-state index is -0.812. The number of hydrogen-bond donors (Lipinski definition) is 3. The lowest BCUT2D eigenvalue weighted by atomic mass is 10.1. The maximum absolute atomic E-state index is 11.6. The third kappa shape index (κ3) is 7.03. The Kier molecular flexibility index (Phi) is 6.35. The van der Waals surface area contributed by atoms with Gasteiger partial charge in [-0.05, 0) is 31.4 Å². The van der Waals surface area contributed by atoms with E-state index in [-0.39, 0.29) is 18.5 Å². The van der Waals surface area contributed by atoms with Crippen molar-refractivity contribution >= 4 is 12.0 Å². The number of aromatic nitrogens is 1. The first kappa shape index (κ1) is 14.9. The van der Waals surface area contributed by atoms with Gasteiger partial charge in [-0.2, -0.15) is 0 Å². The summed E-state index contributed by atoms with van der Waals surface area (Å²) in [7, 11) is 0. The predicted molar refractivity (Wildman–Crippen MR) is 70.6 cm³/mol. The molecule has 0 radical (unpaired) electrons. The van der Waals surface area contributed by atoms with Crippen molar-refractivity contribution in [2.45, 2.75) is 38.8 Å². The summed E-state index contributed by atoms with van der Waals surface area (Å²) in [6.45, 7) is 2.27. The highest BCUT2D eigenvalue weighted by molar-refractivity contribution is 5.74. The average Bonchev–Trinajstić information content (AvgIpc) is 2.37. The Morgan fingerprint density at radius 1 is 1.47 bits per heavy atom. The van der Waals surface area contributed by atoms with Crippen LogP contribution in [0.2, 0.25) is 0 Å². The van der Waals surface area contributed by atoms with Crippen LogP contribution in [0.1, 0.15) is 31.7 Å². The number of carbonyl (C=O) groups is 2. The first-order valence-electron chi connectivity index (χ1n) is 6.23. The number of aliphatic carboxylic acids is 1. The minimum absolute atomic E-state index is 0.0479. The van der Waals surface area contributed by atoms with Crippen LogP contribution in [0.4, 0.5) is 4.79 Å². The third-order valence-corrected chi connectivity index (χ3v) is 2.58. The molecule has 1 heterocycles. The smallest absolute Gasteiger partial charge is 0.315 e. The predicted octanol–water partition coefficient (Wildman–Crippen LogP) is 1.52. The normalized spacial score (nSPS) is 11.6. The van der Waals surface area contributed by atoms with Gasteiger partial charge >= 0.3 is 12.0 Å². The Bertz CT molecular complexity index is 409. The topological polar surface area (TPSA) is 91.3 Å². The maximum Gasteiger partial charge on any atom is 0.315 e. The Morgan fingerprint density at radius 3 is 2.89 bits per heavy atom. The molecule has 0 bridgehead atoms. The van der Waals surface area contributed by atoms with Crippen LogP contribution in [-0.4, -0.2) is 28.1 Å². The van der Waals surface area contributed by atoms with E-state index in [4.69, 9.17) is 5.11 Å². The third-order valence-electron chi connectivity index (χ3n) is 2.58. The molecule has 6 nitrogen and oxygen atoms in total. The zero-order valence-electron chi connectivity index (χ0n) is 10.9. The molecule has 0 saturated heterocycles. The van der Waals surface area contributed by atoms with Gasteiger partial charge in [-0.15, -0.1) is 0 Å². The Labute approximate surface area is 112 Å². The molecule has 1 aromatic heterocycles. The molecule has 0 aliphatic rings. The molecule has 1 unspecified atom stereocenters. The van der Waals surface area contributed by atoms with Crippen molar-refractivity contribution in [3.05, 3.63) is 30.1 Å². The summed E-state index contributed by atoms with van der Waals surface area (Å²) in [6.07, 6.45) is 4.69. The van der Waals surface area contributed by atoms with Crippen LogP contribution in [0.3, 0.4) is 0 Å². The van der Waals surface area contributed by atoms with Gasteiger partial charge in [-0.3, -0.25) is 9.78 Å². The zero-order chi connectivity index (χ0) is 14.1. The van der Waals surface area contributed by atoms with Gasteiger partial charge in [-0.1, -0.05) is 6.07 Å². The molecular weight excluding hydrogens is 246 g/mol. The van der Waals surface area contributed by atoms with Crippen molar-refractivity contribution in [2.24, 2.45) is 0 Å². The number of carboxylic acid groups (broad SMARTS) is 1. The van der Waals surface area contributed by atoms with Crippen molar-refractivity contribution in [3.8, 4) is 0 Å². The number of carboxylic acids is 1. The summed E-state index contributed by atoms with van der Waals surface area (Å²) in [5.74, 6) is -0.812. The Morgan fingerprint density at radius 2 is 2.26 bits per heavy atom. The SMILES string of the molecule is CC(CCCC(=O)O)NC(=O)NCc1cccnc1. The number of hydrogen-bond acceptors (Lipinski definition) is 3. The van der Waals surface area contributed by atoms with Crippen LogP contribution in [-0.2, 0) is 11.3 Å². The zero-order valence-corrected chi connectivity index (χ0v) is 10.9. The molecular formula is C13H19N3O3. The fourth-order valence-corrected chi connectivity index (χ4v) is 1.59. The van der Waals surface area contributed by atoms with E-state index in [2.05, 4.69) is 15.6 Å². The monoisotopic (exact) mass is 265 g/mol. The summed E-state index contributed by atoms with van der Waals surface area (Å²) < 4.78 is 0. The van der Waals surface area contributed by atoms with Crippen molar-refractivity contribution in [3.63, 3.8) is 0 Å². The van der Waals surface area contributed by atoms with E-state index in [1.807, 2.05) is 19.1 Å². The van der Waals surface area contributed by atoms with E-state index >= 15 is 0 Å². The fraction of sp³-hybridized carbons (Fsp3) is 0.462. The van der Waals surface area contributed by atoms with Crippen LogP contribution < -0.4 is 10.6 Å². The van der Waals surface area contributed by atoms with Gasteiger partial charge in [0.05, 0.1) is 0 Å². The minimum Gasteiger partial charge on any atom is -0.481 e. The van der Waals surface area contributed by atoms with Crippen molar-refractivity contribution < 1.29 is 14.7 Å². The lowest BCUT2D eigenvalue weighted by Gasteiger charge is -2.14. The molecule has 104 valence electrons. The molecule has 1 rings (SSSR count). The van der Waals surface area contributed by atoms with Crippen LogP contribution in [0.5, 0.6) is 0 Å². The van der Waals surface area contributed by atoms with E-state index in [1.54, 1.807) is 12.4 Å². The van der Waals surface area contributed by atoms with E-state index in [0.717, 1.165) is 5.56 Å². The summed E-state index contributed by atoms with van der Waals surface area (Å²) >= 11 is 0. The van der Waals surface area contributed by atoms with E-state index in [1.165, 1.54) is 0 Å². The molecule has 0 aliphatic heterocycles. The number of nitrogens with zero attached hydrogens (tertiary/aromatic N) is 1.